The summed E-state index contributed by atoms with van der Waals surface area (Å²) in [4.78, 5) is 27.5. The Balaban J connectivity index is 2.24. The molecule has 0 spiro atoms. The van der Waals surface area contributed by atoms with Crippen molar-refractivity contribution < 1.29 is 14.0 Å². The largest absolute Gasteiger partial charge is 0.355 e. The highest BCUT2D eigenvalue weighted by molar-refractivity contribution is 6.35. The zero-order valence-electron chi connectivity index (χ0n) is 15.3. The van der Waals surface area contributed by atoms with E-state index in [0.717, 1.165) is 0 Å². The number of rotatable bonds is 6. The summed E-state index contributed by atoms with van der Waals surface area (Å²) < 4.78 is 13.7. The monoisotopic (exact) mass is 398 g/mol. The molecular formula is C19H21Cl2FN2O2. The van der Waals surface area contributed by atoms with Gasteiger partial charge in [0.2, 0.25) is 0 Å². The maximum Gasteiger partial charge on any atom is 0.195 e. The lowest BCUT2D eigenvalue weighted by Crippen LogP contribution is -2.36. The second-order valence-corrected chi connectivity index (χ2v) is 7.26. The number of aryl methyl sites for hydroxylation is 1. The number of ketones is 2. The third-order valence-corrected chi connectivity index (χ3v) is 5.05. The first-order chi connectivity index (χ1) is 12.0. The van der Waals surface area contributed by atoms with Crippen molar-refractivity contribution >= 4 is 34.8 Å². The van der Waals surface area contributed by atoms with Crippen molar-refractivity contribution in [3.63, 3.8) is 0 Å². The molecule has 0 fully saturated rings. The van der Waals surface area contributed by atoms with Gasteiger partial charge in [-0.05, 0) is 57.9 Å². The molecule has 1 aromatic carbocycles. The van der Waals surface area contributed by atoms with Crippen molar-refractivity contribution in [1.82, 2.24) is 10.3 Å². The molecule has 0 aliphatic rings. The number of Topliss-reactive ketones (excluding diaryl/α,β-unsaturated/α-hetero) is 2. The molecule has 0 aliphatic carbocycles. The molecule has 0 unspecified atom stereocenters. The van der Waals surface area contributed by atoms with E-state index in [0.29, 0.717) is 33.1 Å². The van der Waals surface area contributed by atoms with E-state index in [-0.39, 0.29) is 22.6 Å². The zero-order chi connectivity index (χ0) is 19.8. The maximum absolute atomic E-state index is 13.7. The van der Waals surface area contributed by atoms with Gasteiger partial charge in [-0.3, -0.25) is 9.59 Å². The predicted octanol–water partition coefficient (Wildman–Crippen LogP) is 5.20. The number of carbonyl (C=O) groups excluding carboxylic acids is 2. The van der Waals surface area contributed by atoms with Gasteiger partial charge < -0.3 is 10.3 Å². The fourth-order valence-electron chi connectivity index (χ4n) is 3.15. The van der Waals surface area contributed by atoms with Crippen LogP contribution in [0, 0.1) is 19.7 Å². The molecule has 4 nitrogen and oxygen atoms in total. The van der Waals surface area contributed by atoms with E-state index in [9.17, 15) is 14.0 Å². The Bertz CT molecular complexity index is 877. The van der Waals surface area contributed by atoms with Crippen molar-refractivity contribution in [1.29, 1.82) is 0 Å². The lowest BCUT2D eigenvalue weighted by Gasteiger charge is -2.20. The molecule has 0 saturated carbocycles. The lowest BCUT2D eigenvalue weighted by atomic mass is 10.0. The van der Waals surface area contributed by atoms with E-state index in [2.05, 4.69) is 10.3 Å². The van der Waals surface area contributed by atoms with E-state index in [4.69, 9.17) is 23.2 Å². The molecular weight excluding hydrogens is 378 g/mol. The Morgan fingerprint density at radius 1 is 1.15 bits per heavy atom. The Labute approximate surface area is 162 Å². The average Bonchev–Trinajstić information content (AvgIpc) is 2.84. The molecule has 1 heterocycles. The molecule has 7 heteroatoms. The molecule has 2 rings (SSSR count). The number of benzene rings is 1. The van der Waals surface area contributed by atoms with E-state index in [1.54, 1.807) is 27.7 Å². The van der Waals surface area contributed by atoms with E-state index < -0.39 is 11.9 Å². The third kappa shape index (κ3) is 4.00. The second kappa shape index (κ2) is 7.91. The van der Waals surface area contributed by atoms with E-state index in [1.807, 2.05) is 0 Å². The first-order valence-electron chi connectivity index (χ1n) is 8.19. The molecule has 0 amide bonds. The summed E-state index contributed by atoms with van der Waals surface area (Å²) in [5.74, 6) is -0.844. The summed E-state index contributed by atoms with van der Waals surface area (Å²) in [6.45, 7) is 8.47. The van der Waals surface area contributed by atoms with Crippen molar-refractivity contribution in [3.05, 3.63) is 56.1 Å². The highest BCUT2D eigenvalue weighted by Gasteiger charge is 2.25. The van der Waals surface area contributed by atoms with Gasteiger partial charge in [-0.2, -0.15) is 0 Å². The van der Waals surface area contributed by atoms with Crippen LogP contribution in [-0.2, 0) is 0 Å². The van der Waals surface area contributed by atoms with E-state index in [1.165, 1.54) is 19.1 Å². The smallest absolute Gasteiger partial charge is 0.195 e. The molecule has 2 atom stereocenters. The van der Waals surface area contributed by atoms with Gasteiger partial charge in [0, 0.05) is 22.3 Å². The van der Waals surface area contributed by atoms with Gasteiger partial charge in [-0.15, -0.1) is 0 Å². The first kappa shape index (κ1) is 20.6. The van der Waals surface area contributed by atoms with Crippen molar-refractivity contribution in [3.8, 4) is 0 Å². The van der Waals surface area contributed by atoms with Crippen LogP contribution >= 0.6 is 23.2 Å². The summed E-state index contributed by atoms with van der Waals surface area (Å²) in [7, 11) is 0. The van der Waals surface area contributed by atoms with Crippen LogP contribution in [0.5, 0.6) is 0 Å². The number of hydrogen-bond acceptors (Lipinski definition) is 3. The van der Waals surface area contributed by atoms with Gasteiger partial charge in [0.25, 0.3) is 0 Å². The third-order valence-electron chi connectivity index (χ3n) is 4.44. The zero-order valence-corrected chi connectivity index (χ0v) is 16.8. The lowest BCUT2D eigenvalue weighted by molar-refractivity contribution is 0.0940. The fourth-order valence-corrected chi connectivity index (χ4v) is 3.70. The number of hydrogen-bond donors (Lipinski definition) is 2. The van der Waals surface area contributed by atoms with Crippen LogP contribution in [-0.4, -0.2) is 22.6 Å². The van der Waals surface area contributed by atoms with Crippen LogP contribution in [0.25, 0.3) is 0 Å². The minimum atomic E-state index is -0.573. The van der Waals surface area contributed by atoms with Gasteiger partial charge >= 0.3 is 0 Å². The molecule has 2 N–H and O–H groups in total. The Morgan fingerprint density at radius 2 is 1.77 bits per heavy atom. The standard InChI is InChI=1S/C19H21Cl2FN2O2/c1-8-17(12(5)25)10(3)24-18(8)19(26)11(4)23-9(2)13-6-16(22)15(21)7-14(13)20/h6-7,9,11,23-24H,1-5H3/t9-,11-/m0/s1. The van der Waals surface area contributed by atoms with Crippen molar-refractivity contribution in [2.75, 3.05) is 0 Å². The normalized spacial score (nSPS) is 13.5. The molecule has 0 aliphatic heterocycles. The van der Waals surface area contributed by atoms with E-state index >= 15 is 0 Å². The van der Waals surface area contributed by atoms with Gasteiger partial charge in [0.1, 0.15) is 5.82 Å². The van der Waals surface area contributed by atoms with Crippen molar-refractivity contribution in [2.45, 2.75) is 46.7 Å². The Kier molecular flexibility index (Phi) is 6.27. The number of aromatic amines is 1. The van der Waals surface area contributed by atoms with Gasteiger partial charge in [0.15, 0.2) is 11.6 Å². The molecule has 0 radical (unpaired) electrons. The molecule has 2 aromatic rings. The number of halogens is 3. The Hall–Kier alpha value is -1.69. The maximum atomic E-state index is 13.7. The number of nitrogens with one attached hydrogen (secondary N) is 2. The summed E-state index contributed by atoms with van der Waals surface area (Å²) in [5.41, 5.74) is 2.75. The first-order valence-corrected chi connectivity index (χ1v) is 8.95. The summed E-state index contributed by atoms with van der Waals surface area (Å²) in [5, 5.41) is 3.39. The SMILES string of the molecule is CC(=O)c1c(C)[nH]c(C(=O)[C@H](C)N[C@@H](C)c2cc(F)c(Cl)cc2Cl)c1C. The quantitative estimate of drug-likeness (QED) is 0.518. The van der Waals surface area contributed by atoms with Crippen LogP contribution in [0.2, 0.25) is 10.0 Å². The van der Waals surface area contributed by atoms with Crippen LogP contribution in [0.1, 0.15) is 64.5 Å². The highest BCUT2D eigenvalue weighted by Crippen LogP contribution is 2.29. The van der Waals surface area contributed by atoms with Gasteiger partial charge in [0.05, 0.1) is 16.8 Å². The van der Waals surface area contributed by atoms with Crippen LogP contribution < -0.4 is 5.32 Å². The summed E-state index contributed by atoms with van der Waals surface area (Å²) in [6, 6.07) is 1.65. The number of H-pyrrole nitrogens is 1. The van der Waals surface area contributed by atoms with Crippen LogP contribution in [0.4, 0.5) is 4.39 Å². The summed E-state index contributed by atoms with van der Waals surface area (Å²) >= 11 is 11.9. The molecule has 140 valence electrons. The van der Waals surface area contributed by atoms with Crippen molar-refractivity contribution in [2.24, 2.45) is 0 Å². The number of carbonyl (C=O) groups is 2. The summed E-state index contributed by atoms with van der Waals surface area (Å²) in [6.07, 6.45) is 0. The van der Waals surface area contributed by atoms with Crippen LogP contribution in [0.3, 0.4) is 0 Å². The molecule has 1 aromatic heterocycles. The molecule has 0 saturated heterocycles. The second-order valence-electron chi connectivity index (χ2n) is 6.44. The Morgan fingerprint density at radius 3 is 2.31 bits per heavy atom. The molecule has 26 heavy (non-hydrogen) atoms. The average molecular weight is 399 g/mol. The van der Waals surface area contributed by atoms with Gasteiger partial charge in [-0.1, -0.05) is 23.2 Å². The fraction of sp³-hybridized carbons (Fsp3) is 0.368. The minimum Gasteiger partial charge on any atom is -0.355 e. The molecule has 0 bridgehead atoms. The number of aromatic nitrogens is 1. The van der Waals surface area contributed by atoms with Crippen LogP contribution in [0.15, 0.2) is 12.1 Å². The minimum absolute atomic E-state index is 0.0516. The van der Waals surface area contributed by atoms with Gasteiger partial charge in [-0.25, -0.2) is 4.39 Å². The topological polar surface area (TPSA) is 62.0 Å². The highest BCUT2D eigenvalue weighted by atomic mass is 35.5. The predicted molar refractivity (Wildman–Crippen MR) is 102 cm³/mol.